The molecular weight excluding hydrogens is 272 g/mol. The normalized spacial score (nSPS) is 20.7. The lowest BCUT2D eigenvalue weighted by Gasteiger charge is -2.35. The number of rotatable bonds is 5. The van der Waals surface area contributed by atoms with E-state index in [1.807, 2.05) is 12.1 Å². The van der Waals surface area contributed by atoms with Gasteiger partial charge in [0.2, 0.25) is 6.79 Å². The van der Waals surface area contributed by atoms with Gasteiger partial charge in [0.15, 0.2) is 11.5 Å². The first-order valence-corrected chi connectivity index (χ1v) is 7.37. The zero-order chi connectivity index (χ0) is 14.7. The summed E-state index contributed by atoms with van der Waals surface area (Å²) in [5.41, 5.74) is 1.23. The average molecular weight is 294 g/mol. The first kappa shape index (κ1) is 14.6. The van der Waals surface area contributed by atoms with Crippen LogP contribution in [0.5, 0.6) is 11.5 Å². The van der Waals surface area contributed by atoms with Crippen molar-refractivity contribution in [3.05, 3.63) is 23.8 Å². The minimum Gasteiger partial charge on any atom is -0.454 e. The maximum Gasteiger partial charge on any atom is 0.231 e. The Labute approximate surface area is 124 Å². The lowest BCUT2D eigenvalue weighted by Crippen LogP contribution is -2.48. The first-order valence-electron chi connectivity index (χ1n) is 7.37. The molecule has 6 heteroatoms. The molecule has 0 radical (unpaired) electrons. The average Bonchev–Trinajstić information content (AvgIpc) is 2.96. The SMILES string of the molecule is OC[C@H](O)CN1CCN(Cc2ccc3c(c2)OCO3)CC1. The molecule has 2 aliphatic rings. The molecule has 21 heavy (non-hydrogen) atoms. The van der Waals surface area contributed by atoms with Gasteiger partial charge in [0.1, 0.15) is 0 Å². The van der Waals surface area contributed by atoms with Crippen molar-refractivity contribution >= 4 is 0 Å². The van der Waals surface area contributed by atoms with Gasteiger partial charge in [-0.15, -0.1) is 0 Å². The van der Waals surface area contributed by atoms with E-state index in [9.17, 15) is 5.11 Å². The number of fused-ring (bicyclic) bond motifs is 1. The van der Waals surface area contributed by atoms with Crippen LogP contribution in [-0.2, 0) is 6.54 Å². The van der Waals surface area contributed by atoms with Gasteiger partial charge in [0.05, 0.1) is 12.7 Å². The highest BCUT2D eigenvalue weighted by Crippen LogP contribution is 2.32. The molecule has 1 aromatic rings. The van der Waals surface area contributed by atoms with E-state index in [0.29, 0.717) is 13.3 Å². The van der Waals surface area contributed by atoms with Crippen LogP contribution in [0.15, 0.2) is 18.2 Å². The largest absolute Gasteiger partial charge is 0.454 e. The fourth-order valence-electron chi connectivity index (χ4n) is 2.78. The molecule has 0 amide bonds. The minimum absolute atomic E-state index is 0.169. The lowest BCUT2D eigenvalue weighted by molar-refractivity contribution is 0.0383. The summed E-state index contributed by atoms with van der Waals surface area (Å²) >= 11 is 0. The molecular formula is C15H22N2O4. The fourth-order valence-corrected chi connectivity index (χ4v) is 2.78. The third-order valence-electron chi connectivity index (χ3n) is 3.99. The number of nitrogens with zero attached hydrogens (tertiary/aromatic N) is 2. The molecule has 0 saturated carbocycles. The van der Waals surface area contributed by atoms with E-state index in [0.717, 1.165) is 44.2 Å². The standard InChI is InChI=1S/C15H22N2O4/c18-10-13(19)9-17-5-3-16(4-6-17)8-12-1-2-14-15(7-12)21-11-20-14/h1-2,7,13,18-19H,3-6,8-11H2/t13-/m1/s1. The molecule has 0 unspecified atom stereocenters. The van der Waals surface area contributed by atoms with E-state index in [1.54, 1.807) is 0 Å². The van der Waals surface area contributed by atoms with Crippen molar-refractivity contribution < 1.29 is 19.7 Å². The summed E-state index contributed by atoms with van der Waals surface area (Å²) in [7, 11) is 0. The predicted octanol–water partition coefficient (Wildman–Crippen LogP) is -0.114. The molecule has 2 aliphatic heterocycles. The summed E-state index contributed by atoms with van der Waals surface area (Å²) in [6.07, 6.45) is -0.634. The molecule has 2 heterocycles. The molecule has 6 nitrogen and oxygen atoms in total. The number of benzene rings is 1. The van der Waals surface area contributed by atoms with Crippen LogP contribution in [0.25, 0.3) is 0 Å². The van der Waals surface area contributed by atoms with Crippen molar-refractivity contribution in [2.75, 3.05) is 46.1 Å². The van der Waals surface area contributed by atoms with Crippen molar-refractivity contribution in [1.29, 1.82) is 0 Å². The highest BCUT2D eigenvalue weighted by molar-refractivity contribution is 5.44. The van der Waals surface area contributed by atoms with Gasteiger partial charge < -0.3 is 19.7 Å². The van der Waals surface area contributed by atoms with E-state index in [1.165, 1.54) is 5.56 Å². The van der Waals surface area contributed by atoms with Crippen LogP contribution < -0.4 is 9.47 Å². The Hall–Kier alpha value is -1.34. The number of ether oxygens (including phenoxy) is 2. The topological polar surface area (TPSA) is 65.4 Å². The smallest absolute Gasteiger partial charge is 0.231 e. The van der Waals surface area contributed by atoms with E-state index >= 15 is 0 Å². The third kappa shape index (κ3) is 3.65. The molecule has 0 spiro atoms. The second kappa shape index (κ2) is 6.62. The molecule has 0 aliphatic carbocycles. The summed E-state index contributed by atoms with van der Waals surface area (Å²) in [6.45, 7) is 5.35. The minimum atomic E-state index is -0.634. The van der Waals surface area contributed by atoms with Gasteiger partial charge in [-0.25, -0.2) is 0 Å². The first-order chi connectivity index (χ1) is 10.2. The van der Waals surface area contributed by atoms with Gasteiger partial charge in [-0.1, -0.05) is 6.07 Å². The quantitative estimate of drug-likeness (QED) is 0.790. The fraction of sp³-hybridized carbons (Fsp3) is 0.600. The van der Waals surface area contributed by atoms with Crippen LogP contribution in [0.2, 0.25) is 0 Å². The number of hydrogen-bond donors (Lipinski definition) is 2. The Bertz CT molecular complexity index is 475. The third-order valence-corrected chi connectivity index (χ3v) is 3.99. The Kier molecular flexibility index (Phi) is 4.60. The van der Waals surface area contributed by atoms with Crippen molar-refractivity contribution in [2.24, 2.45) is 0 Å². The second-order valence-electron chi connectivity index (χ2n) is 5.60. The molecule has 2 N–H and O–H groups in total. The van der Waals surface area contributed by atoms with Gasteiger partial charge in [-0.05, 0) is 17.7 Å². The van der Waals surface area contributed by atoms with Crippen LogP contribution in [-0.4, -0.2) is 72.2 Å². The van der Waals surface area contributed by atoms with Gasteiger partial charge in [0, 0.05) is 39.3 Å². The van der Waals surface area contributed by atoms with Crippen LogP contribution in [0, 0.1) is 0 Å². The van der Waals surface area contributed by atoms with Gasteiger partial charge >= 0.3 is 0 Å². The summed E-state index contributed by atoms with van der Waals surface area (Å²) in [5.74, 6) is 1.65. The van der Waals surface area contributed by atoms with Crippen LogP contribution in [0.1, 0.15) is 5.56 Å². The van der Waals surface area contributed by atoms with Crippen LogP contribution >= 0.6 is 0 Å². The van der Waals surface area contributed by atoms with E-state index < -0.39 is 6.10 Å². The molecule has 0 bridgehead atoms. The zero-order valence-electron chi connectivity index (χ0n) is 12.1. The highest BCUT2D eigenvalue weighted by Gasteiger charge is 2.20. The maximum atomic E-state index is 9.47. The van der Waals surface area contributed by atoms with Gasteiger partial charge in [0.25, 0.3) is 0 Å². The van der Waals surface area contributed by atoms with Crippen molar-refractivity contribution in [3.63, 3.8) is 0 Å². The molecule has 1 atom stereocenters. The molecule has 1 aromatic carbocycles. The summed E-state index contributed by atoms with van der Waals surface area (Å²) in [6, 6.07) is 6.09. The number of β-amino-alcohol motifs (C(OH)–C–C–N with tert-alkyl or cyclic N) is 1. The van der Waals surface area contributed by atoms with Gasteiger partial charge in [-0.3, -0.25) is 9.80 Å². The van der Waals surface area contributed by atoms with Crippen LogP contribution in [0.4, 0.5) is 0 Å². The number of aliphatic hydroxyl groups is 2. The summed E-state index contributed by atoms with van der Waals surface area (Å²) in [4.78, 5) is 4.58. The number of aliphatic hydroxyl groups excluding tert-OH is 2. The van der Waals surface area contributed by atoms with E-state index in [2.05, 4.69) is 15.9 Å². The van der Waals surface area contributed by atoms with Crippen molar-refractivity contribution in [2.45, 2.75) is 12.6 Å². The monoisotopic (exact) mass is 294 g/mol. The van der Waals surface area contributed by atoms with E-state index in [-0.39, 0.29) is 6.61 Å². The van der Waals surface area contributed by atoms with Crippen LogP contribution in [0.3, 0.4) is 0 Å². The zero-order valence-corrected chi connectivity index (χ0v) is 12.1. The molecule has 1 saturated heterocycles. The molecule has 3 rings (SSSR count). The highest BCUT2D eigenvalue weighted by atomic mass is 16.7. The Morgan fingerprint density at radius 1 is 1.05 bits per heavy atom. The Morgan fingerprint density at radius 3 is 2.52 bits per heavy atom. The Morgan fingerprint density at radius 2 is 1.76 bits per heavy atom. The number of hydrogen-bond acceptors (Lipinski definition) is 6. The van der Waals surface area contributed by atoms with Gasteiger partial charge in [-0.2, -0.15) is 0 Å². The predicted molar refractivity (Wildman–Crippen MR) is 77.4 cm³/mol. The lowest BCUT2D eigenvalue weighted by atomic mass is 10.1. The molecule has 0 aromatic heterocycles. The Balaban J connectivity index is 1.49. The molecule has 1 fully saturated rings. The summed E-state index contributed by atoms with van der Waals surface area (Å²) in [5, 5.41) is 18.3. The van der Waals surface area contributed by atoms with E-state index in [4.69, 9.17) is 14.6 Å². The molecule has 116 valence electrons. The van der Waals surface area contributed by atoms with Crippen molar-refractivity contribution in [3.8, 4) is 11.5 Å². The second-order valence-corrected chi connectivity index (χ2v) is 5.60. The maximum absolute atomic E-state index is 9.47. The number of piperazine rings is 1. The van der Waals surface area contributed by atoms with Crippen molar-refractivity contribution in [1.82, 2.24) is 9.80 Å². The summed E-state index contributed by atoms with van der Waals surface area (Å²) < 4.78 is 10.7.